The molecule has 19 heavy (non-hydrogen) atoms. The summed E-state index contributed by atoms with van der Waals surface area (Å²) in [6, 6.07) is 13.8. The lowest BCUT2D eigenvalue weighted by molar-refractivity contribution is 0.476. The van der Waals surface area contributed by atoms with Crippen LogP contribution in [0.25, 0.3) is 0 Å². The first kappa shape index (κ1) is 13.9. The van der Waals surface area contributed by atoms with Crippen molar-refractivity contribution in [1.82, 2.24) is 0 Å². The quantitative estimate of drug-likeness (QED) is 0.932. The summed E-state index contributed by atoms with van der Waals surface area (Å²) < 4.78 is 6.92. The Kier molecular flexibility index (Phi) is 4.45. The fourth-order valence-corrected chi connectivity index (χ4v) is 2.17. The smallest absolute Gasteiger partial charge is 0.131 e. The highest BCUT2D eigenvalue weighted by atomic mass is 79.9. The number of nitrogens with two attached hydrogens (primary N) is 1. The molecule has 0 atom stereocenters. The maximum atomic E-state index is 5.92. The summed E-state index contributed by atoms with van der Waals surface area (Å²) in [6.45, 7) is 0.447. The molecule has 0 spiro atoms. The van der Waals surface area contributed by atoms with Gasteiger partial charge in [0.15, 0.2) is 0 Å². The number of hydrogen-bond donors (Lipinski definition) is 1. The van der Waals surface area contributed by atoms with Crippen LogP contribution in [-0.4, -0.2) is 14.1 Å². The highest BCUT2D eigenvalue weighted by molar-refractivity contribution is 9.10. The number of rotatable bonds is 4. The third kappa shape index (κ3) is 3.49. The van der Waals surface area contributed by atoms with Gasteiger partial charge in [0.2, 0.25) is 0 Å². The zero-order chi connectivity index (χ0) is 13.8. The zero-order valence-corrected chi connectivity index (χ0v) is 12.6. The minimum atomic E-state index is 0.447. The van der Waals surface area contributed by atoms with Crippen LogP contribution in [0.4, 0.5) is 5.69 Å². The van der Waals surface area contributed by atoms with E-state index >= 15 is 0 Å². The van der Waals surface area contributed by atoms with Gasteiger partial charge in [-0.15, -0.1) is 0 Å². The Morgan fingerprint density at radius 3 is 2.63 bits per heavy atom. The van der Waals surface area contributed by atoms with Gasteiger partial charge in [-0.25, -0.2) is 0 Å². The van der Waals surface area contributed by atoms with E-state index in [9.17, 15) is 0 Å². The molecule has 0 bridgehead atoms. The molecule has 100 valence electrons. The molecule has 2 aromatic carbocycles. The third-order valence-electron chi connectivity index (χ3n) is 2.80. The summed E-state index contributed by atoms with van der Waals surface area (Å²) in [6.07, 6.45) is 0. The largest absolute Gasteiger partial charge is 0.457 e. The fraction of sp³-hybridized carbons (Fsp3) is 0.200. The van der Waals surface area contributed by atoms with Crippen molar-refractivity contribution in [2.45, 2.75) is 6.54 Å². The molecule has 0 amide bonds. The average Bonchev–Trinajstić information content (AvgIpc) is 2.41. The van der Waals surface area contributed by atoms with Crippen LogP contribution in [0.5, 0.6) is 11.5 Å². The second kappa shape index (κ2) is 6.08. The lowest BCUT2D eigenvalue weighted by Gasteiger charge is -2.15. The van der Waals surface area contributed by atoms with Gasteiger partial charge in [0, 0.05) is 42.4 Å². The van der Waals surface area contributed by atoms with Crippen molar-refractivity contribution >= 4 is 21.6 Å². The normalized spacial score (nSPS) is 10.3. The van der Waals surface area contributed by atoms with E-state index in [1.165, 1.54) is 0 Å². The van der Waals surface area contributed by atoms with Gasteiger partial charge in [0.1, 0.15) is 11.5 Å². The van der Waals surface area contributed by atoms with Crippen molar-refractivity contribution < 1.29 is 4.74 Å². The number of anilines is 1. The van der Waals surface area contributed by atoms with Gasteiger partial charge in [-0.2, -0.15) is 0 Å². The molecular weight excluding hydrogens is 304 g/mol. The van der Waals surface area contributed by atoms with E-state index in [4.69, 9.17) is 10.5 Å². The van der Waals surface area contributed by atoms with Crippen LogP contribution in [0.2, 0.25) is 0 Å². The van der Waals surface area contributed by atoms with Gasteiger partial charge in [-0.3, -0.25) is 0 Å². The predicted molar refractivity (Wildman–Crippen MR) is 82.9 cm³/mol. The number of halogens is 1. The second-order valence-electron chi connectivity index (χ2n) is 4.45. The number of ether oxygens (including phenoxy) is 1. The molecule has 4 heteroatoms. The van der Waals surface area contributed by atoms with Gasteiger partial charge < -0.3 is 15.4 Å². The molecule has 0 fully saturated rings. The standard InChI is InChI=1S/C15H17BrN2O/c1-18(2)13-4-3-5-14(9-13)19-15-7-6-12(16)8-11(15)10-17/h3-9H,10,17H2,1-2H3. The van der Waals surface area contributed by atoms with Crippen molar-refractivity contribution in [2.75, 3.05) is 19.0 Å². The number of nitrogens with zero attached hydrogens (tertiary/aromatic N) is 1. The van der Waals surface area contributed by atoms with Crippen molar-refractivity contribution in [3.63, 3.8) is 0 Å². The van der Waals surface area contributed by atoms with E-state index in [0.29, 0.717) is 6.54 Å². The van der Waals surface area contributed by atoms with E-state index in [0.717, 1.165) is 27.2 Å². The molecule has 3 nitrogen and oxygen atoms in total. The first-order valence-corrected chi connectivity index (χ1v) is 6.83. The Morgan fingerprint density at radius 1 is 1.16 bits per heavy atom. The Labute approximate surface area is 122 Å². The van der Waals surface area contributed by atoms with E-state index in [2.05, 4.69) is 15.9 Å². The SMILES string of the molecule is CN(C)c1cccc(Oc2ccc(Br)cc2CN)c1. The Bertz CT molecular complexity index is 570. The Morgan fingerprint density at radius 2 is 1.95 bits per heavy atom. The van der Waals surface area contributed by atoms with Crippen molar-refractivity contribution in [3.05, 3.63) is 52.5 Å². The summed E-state index contributed by atoms with van der Waals surface area (Å²) >= 11 is 3.44. The maximum absolute atomic E-state index is 5.92. The molecule has 0 saturated heterocycles. The summed E-state index contributed by atoms with van der Waals surface area (Å²) in [4.78, 5) is 2.04. The third-order valence-corrected chi connectivity index (χ3v) is 3.30. The fourth-order valence-electron chi connectivity index (χ4n) is 1.76. The molecule has 2 rings (SSSR count). The Balaban J connectivity index is 2.28. The van der Waals surface area contributed by atoms with Gasteiger partial charge in [0.25, 0.3) is 0 Å². The molecule has 2 N–H and O–H groups in total. The number of hydrogen-bond acceptors (Lipinski definition) is 3. The highest BCUT2D eigenvalue weighted by Gasteiger charge is 2.05. The molecule has 0 aliphatic heterocycles. The molecular formula is C15H17BrN2O. The highest BCUT2D eigenvalue weighted by Crippen LogP contribution is 2.29. The summed E-state index contributed by atoms with van der Waals surface area (Å²) in [5.41, 5.74) is 7.82. The van der Waals surface area contributed by atoms with E-state index < -0.39 is 0 Å². The molecule has 2 aromatic rings. The minimum Gasteiger partial charge on any atom is -0.457 e. The zero-order valence-electron chi connectivity index (χ0n) is 11.1. The minimum absolute atomic E-state index is 0.447. The molecule has 0 radical (unpaired) electrons. The molecule has 0 unspecified atom stereocenters. The topological polar surface area (TPSA) is 38.5 Å². The van der Waals surface area contributed by atoms with Crippen LogP contribution >= 0.6 is 15.9 Å². The monoisotopic (exact) mass is 320 g/mol. The lowest BCUT2D eigenvalue weighted by atomic mass is 10.2. The molecule has 0 aliphatic carbocycles. The molecule has 0 heterocycles. The average molecular weight is 321 g/mol. The molecule has 0 aliphatic rings. The van der Waals surface area contributed by atoms with Crippen LogP contribution in [0.15, 0.2) is 46.9 Å². The Hall–Kier alpha value is -1.52. The van der Waals surface area contributed by atoms with Crippen molar-refractivity contribution in [2.24, 2.45) is 5.73 Å². The first-order chi connectivity index (χ1) is 9.10. The lowest BCUT2D eigenvalue weighted by Crippen LogP contribution is -2.08. The second-order valence-corrected chi connectivity index (χ2v) is 5.37. The van der Waals surface area contributed by atoms with E-state index in [-0.39, 0.29) is 0 Å². The van der Waals surface area contributed by atoms with Crippen LogP contribution in [0, 0.1) is 0 Å². The number of benzene rings is 2. The molecule has 0 saturated carbocycles. The van der Waals surface area contributed by atoms with Gasteiger partial charge >= 0.3 is 0 Å². The summed E-state index contributed by atoms with van der Waals surface area (Å²) in [7, 11) is 4.01. The first-order valence-electron chi connectivity index (χ1n) is 6.04. The van der Waals surface area contributed by atoms with Gasteiger partial charge in [0.05, 0.1) is 0 Å². The van der Waals surface area contributed by atoms with Crippen LogP contribution in [-0.2, 0) is 6.54 Å². The van der Waals surface area contributed by atoms with Crippen LogP contribution in [0.1, 0.15) is 5.56 Å². The predicted octanol–water partition coefficient (Wildman–Crippen LogP) is 3.77. The van der Waals surface area contributed by atoms with E-state index in [1.807, 2.05) is 61.5 Å². The van der Waals surface area contributed by atoms with Crippen molar-refractivity contribution in [1.29, 1.82) is 0 Å². The van der Waals surface area contributed by atoms with Gasteiger partial charge in [-0.1, -0.05) is 22.0 Å². The van der Waals surface area contributed by atoms with Crippen LogP contribution in [0.3, 0.4) is 0 Å². The maximum Gasteiger partial charge on any atom is 0.131 e. The van der Waals surface area contributed by atoms with Gasteiger partial charge in [-0.05, 0) is 30.3 Å². The van der Waals surface area contributed by atoms with Crippen LogP contribution < -0.4 is 15.4 Å². The molecule has 0 aromatic heterocycles. The van der Waals surface area contributed by atoms with Crippen molar-refractivity contribution in [3.8, 4) is 11.5 Å². The van der Waals surface area contributed by atoms with E-state index in [1.54, 1.807) is 0 Å². The summed E-state index contributed by atoms with van der Waals surface area (Å²) in [5.74, 6) is 1.60. The summed E-state index contributed by atoms with van der Waals surface area (Å²) in [5, 5.41) is 0.